The summed E-state index contributed by atoms with van der Waals surface area (Å²) in [4.78, 5) is 11.8. The minimum atomic E-state index is -0.465. The predicted octanol–water partition coefficient (Wildman–Crippen LogP) is 2.42. The summed E-state index contributed by atoms with van der Waals surface area (Å²) < 4.78 is 5.28. The lowest BCUT2D eigenvalue weighted by Gasteiger charge is -2.46. The zero-order chi connectivity index (χ0) is 13.3. The molecule has 100 valence electrons. The molecule has 1 atom stereocenters. The normalized spacial score (nSPS) is 20.6. The summed E-state index contributed by atoms with van der Waals surface area (Å²) in [6.45, 7) is 9.74. The van der Waals surface area contributed by atoms with Crippen molar-refractivity contribution in [2.75, 3.05) is 0 Å². The lowest BCUT2D eigenvalue weighted by molar-refractivity contribution is 0.0405. The average molecular weight is 242 g/mol. The van der Waals surface area contributed by atoms with Crippen molar-refractivity contribution in [1.29, 1.82) is 0 Å². The number of carbonyl (C=O) groups is 1. The smallest absolute Gasteiger partial charge is 0.407 e. The molecule has 0 radical (unpaired) electrons. The number of rotatable bonds is 3. The third-order valence-electron chi connectivity index (χ3n) is 3.24. The van der Waals surface area contributed by atoms with Crippen LogP contribution in [0.1, 0.15) is 53.9 Å². The fourth-order valence-electron chi connectivity index (χ4n) is 2.30. The van der Waals surface area contributed by atoms with E-state index in [0.717, 1.165) is 19.3 Å². The Morgan fingerprint density at radius 1 is 1.35 bits per heavy atom. The van der Waals surface area contributed by atoms with Gasteiger partial charge in [-0.05, 0) is 46.0 Å². The van der Waals surface area contributed by atoms with Crippen LogP contribution in [0.15, 0.2) is 0 Å². The molecule has 0 aromatic heterocycles. The third-order valence-corrected chi connectivity index (χ3v) is 3.24. The molecular weight excluding hydrogens is 216 g/mol. The van der Waals surface area contributed by atoms with Gasteiger partial charge < -0.3 is 15.8 Å². The quantitative estimate of drug-likeness (QED) is 0.798. The molecule has 1 rings (SSSR count). The molecule has 4 nitrogen and oxygen atoms in total. The molecule has 1 amide bonds. The van der Waals surface area contributed by atoms with Gasteiger partial charge in [0.15, 0.2) is 0 Å². The fraction of sp³-hybridized carbons (Fsp3) is 0.923. The summed E-state index contributed by atoms with van der Waals surface area (Å²) in [5.74, 6) is 0.313. The Balaban J connectivity index is 2.59. The number of nitrogens with one attached hydrogen (secondary N) is 1. The van der Waals surface area contributed by atoms with Crippen molar-refractivity contribution in [3.63, 3.8) is 0 Å². The van der Waals surface area contributed by atoms with Gasteiger partial charge in [0.05, 0.1) is 6.04 Å². The van der Waals surface area contributed by atoms with Gasteiger partial charge in [0.25, 0.3) is 0 Å². The molecule has 1 aliphatic rings. The average Bonchev–Trinajstić information content (AvgIpc) is 2.07. The highest BCUT2D eigenvalue weighted by atomic mass is 16.6. The van der Waals surface area contributed by atoms with Gasteiger partial charge in [-0.3, -0.25) is 0 Å². The molecule has 0 spiro atoms. The van der Waals surface area contributed by atoms with Crippen molar-refractivity contribution in [2.45, 2.75) is 71.1 Å². The standard InChI is InChI=1S/C13H26N2O2/c1-9(2)10(13(14)7-6-8-13)15-11(16)17-12(3,4)5/h9-10H,6-8,14H2,1-5H3,(H,15,16). The van der Waals surface area contributed by atoms with Crippen LogP contribution in [0.25, 0.3) is 0 Å². The number of hydrogen-bond acceptors (Lipinski definition) is 3. The number of carbonyl (C=O) groups excluding carboxylic acids is 1. The van der Waals surface area contributed by atoms with Crippen LogP contribution in [0, 0.1) is 5.92 Å². The van der Waals surface area contributed by atoms with Crippen LogP contribution < -0.4 is 11.1 Å². The first kappa shape index (κ1) is 14.3. The largest absolute Gasteiger partial charge is 0.444 e. The second kappa shape index (κ2) is 4.84. The Kier molecular flexibility index (Phi) is 4.07. The maximum Gasteiger partial charge on any atom is 0.407 e. The van der Waals surface area contributed by atoms with E-state index in [4.69, 9.17) is 10.5 Å². The van der Waals surface area contributed by atoms with E-state index in [0.29, 0.717) is 5.92 Å². The molecule has 0 aliphatic heterocycles. The van der Waals surface area contributed by atoms with Gasteiger partial charge in [-0.2, -0.15) is 0 Å². The first-order valence-electron chi connectivity index (χ1n) is 6.42. The van der Waals surface area contributed by atoms with Crippen LogP contribution in [0.3, 0.4) is 0 Å². The monoisotopic (exact) mass is 242 g/mol. The molecule has 1 aliphatic carbocycles. The molecule has 0 heterocycles. The van der Waals surface area contributed by atoms with Crippen LogP contribution >= 0.6 is 0 Å². The Morgan fingerprint density at radius 3 is 2.18 bits per heavy atom. The molecule has 4 heteroatoms. The van der Waals surface area contributed by atoms with Crippen molar-refractivity contribution < 1.29 is 9.53 Å². The fourth-order valence-corrected chi connectivity index (χ4v) is 2.30. The second-order valence-electron chi connectivity index (χ2n) is 6.45. The maximum absolute atomic E-state index is 11.8. The van der Waals surface area contributed by atoms with E-state index in [2.05, 4.69) is 19.2 Å². The molecule has 1 saturated carbocycles. The Bertz CT molecular complexity index is 278. The first-order valence-corrected chi connectivity index (χ1v) is 6.42. The summed E-state index contributed by atoms with van der Waals surface area (Å²) in [5.41, 5.74) is 5.58. The predicted molar refractivity (Wildman–Crippen MR) is 68.8 cm³/mol. The summed E-state index contributed by atoms with van der Waals surface area (Å²) >= 11 is 0. The van der Waals surface area contributed by atoms with Crippen molar-refractivity contribution in [2.24, 2.45) is 11.7 Å². The molecule has 0 aromatic carbocycles. The Morgan fingerprint density at radius 2 is 1.88 bits per heavy atom. The maximum atomic E-state index is 11.8. The van der Waals surface area contributed by atoms with Gasteiger partial charge >= 0.3 is 6.09 Å². The number of alkyl carbamates (subject to hydrolysis) is 1. The lowest BCUT2D eigenvalue weighted by atomic mass is 9.69. The zero-order valence-electron chi connectivity index (χ0n) is 11.7. The Hall–Kier alpha value is -0.770. The Labute approximate surface area is 104 Å². The molecule has 1 unspecified atom stereocenters. The lowest BCUT2D eigenvalue weighted by Crippen LogP contribution is -2.64. The van der Waals surface area contributed by atoms with Gasteiger partial charge in [-0.25, -0.2) is 4.79 Å². The first-order chi connectivity index (χ1) is 7.64. The molecule has 0 saturated heterocycles. The molecular formula is C13H26N2O2. The number of ether oxygens (including phenoxy) is 1. The second-order valence-corrected chi connectivity index (χ2v) is 6.45. The minimum absolute atomic E-state index is 0.00824. The topological polar surface area (TPSA) is 64.3 Å². The SMILES string of the molecule is CC(C)C(NC(=O)OC(C)(C)C)C1(N)CCC1. The summed E-state index contributed by atoms with van der Waals surface area (Å²) in [7, 11) is 0. The van der Waals surface area contributed by atoms with Crippen LogP contribution in [-0.2, 0) is 4.74 Å². The highest BCUT2D eigenvalue weighted by Gasteiger charge is 2.43. The van der Waals surface area contributed by atoms with Gasteiger partial charge in [-0.1, -0.05) is 13.8 Å². The summed E-state index contributed by atoms with van der Waals surface area (Å²) in [6, 6.07) is -0.00824. The van der Waals surface area contributed by atoms with Gasteiger partial charge in [0.2, 0.25) is 0 Å². The summed E-state index contributed by atoms with van der Waals surface area (Å²) in [5, 5.41) is 2.93. The molecule has 17 heavy (non-hydrogen) atoms. The van der Waals surface area contributed by atoms with Crippen molar-refractivity contribution >= 4 is 6.09 Å². The van der Waals surface area contributed by atoms with Crippen molar-refractivity contribution in [1.82, 2.24) is 5.32 Å². The van der Waals surface area contributed by atoms with E-state index in [1.54, 1.807) is 0 Å². The van der Waals surface area contributed by atoms with E-state index in [-0.39, 0.29) is 17.7 Å². The van der Waals surface area contributed by atoms with E-state index in [1.165, 1.54) is 0 Å². The van der Waals surface area contributed by atoms with Gasteiger partial charge in [0, 0.05) is 5.54 Å². The van der Waals surface area contributed by atoms with Crippen molar-refractivity contribution in [3.8, 4) is 0 Å². The van der Waals surface area contributed by atoms with Crippen LogP contribution in [0.4, 0.5) is 4.79 Å². The van der Waals surface area contributed by atoms with Crippen LogP contribution in [0.5, 0.6) is 0 Å². The molecule has 1 fully saturated rings. The molecule has 3 N–H and O–H groups in total. The highest BCUT2D eigenvalue weighted by molar-refractivity contribution is 5.68. The van der Waals surface area contributed by atoms with Gasteiger partial charge in [0.1, 0.15) is 5.60 Å². The van der Waals surface area contributed by atoms with Crippen LogP contribution in [-0.4, -0.2) is 23.3 Å². The van der Waals surface area contributed by atoms with E-state index < -0.39 is 5.60 Å². The van der Waals surface area contributed by atoms with E-state index in [1.807, 2.05) is 20.8 Å². The third kappa shape index (κ3) is 3.87. The van der Waals surface area contributed by atoms with Crippen LogP contribution in [0.2, 0.25) is 0 Å². The van der Waals surface area contributed by atoms with Crippen molar-refractivity contribution in [3.05, 3.63) is 0 Å². The minimum Gasteiger partial charge on any atom is -0.444 e. The number of nitrogens with two attached hydrogens (primary N) is 1. The molecule has 0 aromatic rings. The molecule has 0 bridgehead atoms. The van der Waals surface area contributed by atoms with E-state index >= 15 is 0 Å². The zero-order valence-corrected chi connectivity index (χ0v) is 11.7. The van der Waals surface area contributed by atoms with E-state index in [9.17, 15) is 4.79 Å². The summed E-state index contributed by atoms with van der Waals surface area (Å²) in [6.07, 6.45) is 2.74. The number of amides is 1. The highest BCUT2D eigenvalue weighted by Crippen LogP contribution is 2.35. The number of hydrogen-bond donors (Lipinski definition) is 2. The van der Waals surface area contributed by atoms with Gasteiger partial charge in [-0.15, -0.1) is 0 Å².